The van der Waals surface area contributed by atoms with Crippen molar-refractivity contribution in [2.24, 2.45) is 5.41 Å². The van der Waals surface area contributed by atoms with Gasteiger partial charge in [-0.15, -0.1) is 0 Å². The monoisotopic (exact) mass is 392 g/mol. The van der Waals surface area contributed by atoms with Crippen molar-refractivity contribution in [1.29, 1.82) is 0 Å². The molecule has 26 heavy (non-hydrogen) atoms. The molecule has 2 aromatic carbocycles. The molecular formula is C19H18Cl2N2O3. The lowest BCUT2D eigenvalue weighted by molar-refractivity contribution is -0.134. The quantitative estimate of drug-likeness (QED) is 0.728. The van der Waals surface area contributed by atoms with Crippen LogP contribution in [0.15, 0.2) is 42.5 Å². The van der Waals surface area contributed by atoms with E-state index in [1.165, 1.54) is 0 Å². The molecule has 2 amide bonds. The summed E-state index contributed by atoms with van der Waals surface area (Å²) in [5.74, 6) is 0.114. The molecule has 0 atom stereocenters. The molecular weight excluding hydrogens is 375 g/mol. The van der Waals surface area contributed by atoms with Crippen molar-refractivity contribution in [2.75, 3.05) is 12.4 Å². The summed E-state index contributed by atoms with van der Waals surface area (Å²) in [6, 6.07) is 12.2. The van der Waals surface area contributed by atoms with Gasteiger partial charge in [-0.1, -0.05) is 35.3 Å². The third-order valence-electron chi connectivity index (χ3n) is 4.41. The predicted molar refractivity (Wildman–Crippen MR) is 102 cm³/mol. The Morgan fingerprint density at radius 1 is 1.08 bits per heavy atom. The highest BCUT2D eigenvalue weighted by Crippen LogP contribution is 2.47. The molecule has 5 nitrogen and oxygen atoms in total. The van der Waals surface area contributed by atoms with Gasteiger partial charge in [0.25, 0.3) is 0 Å². The molecule has 0 unspecified atom stereocenters. The first kappa shape index (κ1) is 18.5. The molecule has 0 radical (unpaired) electrons. The number of ether oxygens (including phenoxy) is 1. The van der Waals surface area contributed by atoms with E-state index in [1.54, 1.807) is 25.3 Å². The molecule has 2 aromatic rings. The van der Waals surface area contributed by atoms with Crippen LogP contribution in [0.4, 0.5) is 5.69 Å². The Morgan fingerprint density at radius 2 is 1.77 bits per heavy atom. The molecule has 1 saturated carbocycles. The average molecular weight is 393 g/mol. The van der Waals surface area contributed by atoms with Crippen molar-refractivity contribution in [3.05, 3.63) is 58.1 Å². The number of carbonyl (C=O) groups is 2. The summed E-state index contributed by atoms with van der Waals surface area (Å²) in [6.45, 7) is 0.347. The maximum absolute atomic E-state index is 12.6. The van der Waals surface area contributed by atoms with E-state index in [-0.39, 0.29) is 11.8 Å². The van der Waals surface area contributed by atoms with E-state index in [0.29, 0.717) is 35.1 Å². The lowest BCUT2D eigenvalue weighted by Gasteiger charge is -2.16. The summed E-state index contributed by atoms with van der Waals surface area (Å²) < 4.78 is 5.10. The number of nitrogens with one attached hydrogen (secondary N) is 2. The molecule has 1 aliphatic carbocycles. The number of rotatable bonds is 6. The van der Waals surface area contributed by atoms with Crippen LogP contribution in [0.3, 0.4) is 0 Å². The standard InChI is InChI=1S/C19H18Cl2N2O3/c1-26-14-5-2-12(3-6-14)11-22-17(24)19(8-9-19)18(25)23-16-7-4-13(20)10-15(16)21/h2-7,10H,8-9,11H2,1H3,(H,22,24)(H,23,25). The fraction of sp³-hybridized carbons (Fsp3) is 0.263. The maximum atomic E-state index is 12.6. The third kappa shape index (κ3) is 3.94. The number of halogens is 2. The summed E-state index contributed by atoms with van der Waals surface area (Å²) in [5.41, 5.74) is 0.335. The minimum absolute atomic E-state index is 0.282. The molecule has 7 heteroatoms. The highest BCUT2D eigenvalue weighted by molar-refractivity contribution is 6.36. The first-order valence-corrected chi connectivity index (χ1v) is 8.88. The summed E-state index contributed by atoms with van der Waals surface area (Å²) in [4.78, 5) is 25.1. The van der Waals surface area contributed by atoms with Gasteiger partial charge in [-0.05, 0) is 48.7 Å². The third-order valence-corrected chi connectivity index (χ3v) is 4.96. The van der Waals surface area contributed by atoms with Crippen LogP contribution in [0.2, 0.25) is 10.0 Å². The minimum atomic E-state index is -1.03. The first-order valence-electron chi connectivity index (χ1n) is 8.12. The predicted octanol–water partition coefficient (Wildman–Crippen LogP) is 4.04. The summed E-state index contributed by atoms with van der Waals surface area (Å²) >= 11 is 11.9. The SMILES string of the molecule is COc1ccc(CNC(=O)C2(C(=O)Nc3ccc(Cl)cc3Cl)CC2)cc1. The molecule has 1 aliphatic rings. The zero-order valence-electron chi connectivity index (χ0n) is 14.1. The number of amides is 2. The molecule has 3 rings (SSSR count). The van der Waals surface area contributed by atoms with Crippen molar-refractivity contribution in [3.8, 4) is 5.75 Å². The lowest BCUT2D eigenvalue weighted by Crippen LogP contribution is -2.39. The van der Waals surface area contributed by atoms with Crippen LogP contribution in [0.5, 0.6) is 5.75 Å². The molecule has 2 N–H and O–H groups in total. The first-order chi connectivity index (χ1) is 12.4. The minimum Gasteiger partial charge on any atom is -0.497 e. The van der Waals surface area contributed by atoms with E-state index in [1.807, 2.05) is 24.3 Å². The Labute approximate surface area is 161 Å². The summed E-state index contributed by atoms with van der Waals surface area (Å²) in [5, 5.41) is 6.37. The van der Waals surface area contributed by atoms with Crippen LogP contribution in [0, 0.1) is 5.41 Å². The number of hydrogen-bond acceptors (Lipinski definition) is 3. The fourth-order valence-electron chi connectivity index (χ4n) is 2.61. The van der Waals surface area contributed by atoms with Gasteiger partial charge in [0.2, 0.25) is 11.8 Å². The molecule has 0 spiro atoms. The van der Waals surface area contributed by atoms with Crippen LogP contribution in [0.25, 0.3) is 0 Å². The zero-order chi connectivity index (χ0) is 18.7. The Morgan fingerprint density at radius 3 is 2.35 bits per heavy atom. The Bertz CT molecular complexity index is 833. The van der Waals surface area contributed by atoms with E-state index in [9.17, 15) is 9.59 Å². The highest BCUT2D eigenvalue weighted by atomic mass is 35.5. The van der Waals surface area contributed by atoms with Crippen molar-refractivity contribution in [1.82, 2.24) is 5.32 Å². The molecule has 0 aromatic heterocycles. The summed E-state index contributed by atoms with van der Waals surface area (Å²) in [6.07, 6.45) is 1.02. The fourth-order valence-corrected chi connectivity index (χ4v) is 3.07. The van der Waals surface area contributed by atoms with Gasteiger partial charge in [0.1, 0.15) is 11.2 Å². The number of methoxy groups -OCH3 is 1. The molecule has 1 fully saturated rings. The van der Waals surface area contributed by atoms with E-state index >= 15 is 0 Å². The number of hydrogen-bond donors (Lipinski definition) is 2. The summed E-state index contributed by atoms with van der Waals surface area (Å²) in [7, 11) is 1.60. The van der Waals surface area contributed by atoms with E-state index in [2.05, 4.69) is 10.6 Å². The molecule has 136 valence electrons. The van der Waals surface area contributed by atoms with Gasteiger partial charge >= 0.3 is 0 Å². The normalized spacial score (nSPS) is 14.4. The largest absolute Gasteiger partial charge is 0.497 e. The van der Waals surface area contributed by atoms with Crippen molar-refractivity contribution < 1.29 is 14.3 Å². The maximum Gasteiger partial charge on any atom is 0.240 e. The van der Waals surface area contributed by atoms with E-state index in [4.69, 9.17) is 27.9 Å². The van der Waals surface area contributed by atoms with Gasteiger partial charge in [-0.2, -0.15) is 0 Å². The van der Waals surface area contributed by atoms with Gasteiger partial charge in [-0.3, -0.25) is 9.59 Å². The highest BCUT2D eigenvalue weighted by Gasteiger charge is 2.56. The van der Waals surface area contributed by atoms with Crippen molar-refractivity contribution >= 4 is 40.7 Å². The Hall–Kier alpha value is -2.24. The van der Waals surface area contributed by atoms with Gasteiger partial charge in [0, 0.05) is 11.6 Å². The number of carbonyl (C=O) groups excluding carboxylic acids is 2. The molecule has 0 saturated heterocycles. The van der Waals surface area contributed by atoms with Gasteiger partial charge in [0.15, 0.2) is 0 Å². The van der Waals surface area contributed by atoms with Gasteiger partial charge in [-0.25, -0.2) is 0 Å². The number of benzene rings is 2. The van der Waals surface area contributed by atoms with Crippen LogP contribution in [-0.4, -0.2) is 18.9 Å². The lowest BCUT2D eigenvalue weighted by atomic mass is 10.0. The Kier molecular flexibility index (Phi) is 5.39. The topological polar surface area (TPSA) is 67.4 Å². The number of anilines is 1. The van der Waals surface area contributed by atoms with Crippen LogP contribution < -0.4 is 15.4 Å². The zero-order valence-corrected chi connectivity index (χ0v) is 15.7. The molecule has 0 aliphatic heterocycles. The van der Waals surface area contributed by atoms with Gasteiger partial charge < -0.3 is 15.4 Å². The van der Waals surface area contributed by atoms with Crippen LogP contribution in [0.1, 0.15) is 18.4 Å². The average Bonchev–Trinajstić information content (AvgIpc) is 3.44. The van der Waals surface area contributed by atoms with Gasteiger partial charge in [0.05, 0.1) is 17.8 Å². The second-order valence-corrected chi connectivity index (χ2v) is 7.03. The second kappa shape index (κ2) is 7.56. The van der Waals surface area contributed by atoms with Crippen molar-refractivity contribution in [3.63, 3.8) is 0 Å². The second-order valence-electron chi connectivity index (χ2n) is 6.19. The molecule has 0 heterocycles. The van der Waals surface area contributed by atoms with Crippen LogP contribution >= 0.6 is 23.2 Å². The van der Waals surface area contributed by atoms with E-state index < -0.39 is 5.41 Å². The van der Waals surface area contributed by atoms with E-state index in [0.717, 1.165) is 11.3 Å². The smallest absolute Gasteiger partial charge is 0.240 e. The van der Waals surface area contributed by atoms with Crippen molar-refractivity contribution in [2.45, 2.75) is 19.4 Å². The van der Waals surface area contributed by atoms with Crippen LogP contribution in [-0.2, 0) is 16.1 Å². The molecule has 0 bridgehead atoms. The Balaban J connectivity index is 1.61.